The van der Waals surface area contributed by atoms with E-state index in [-0.39, 0.29) is 0 Å². The Hall–Kier alpha value is -1.04. The Balaban J connectivity index is 1.60. The third kappa shape index (κ3) is 4.57. The van der Waals surface area contributed by atoms with Crippen LogP contribution in [-0.2, 0) is 0 Å². The maximum Gasteiger partial charge on any atom is 0.336 e. The van der Waals surface area contributed by atoms with Gasteiger partial charge in [0.1, 0.15) is 0 Å². The van der Waals surface area contributed by atoms with Crippen LogP contribution in [-0.4, -0.2) is 46.0 Å². The number of carboxylic acids is 1. The van der Waals surface area contributed by atoms with Crippen molar-refractivity contribution in [1.29, 1.82) is 0 Å². The van der Waals surface area contributed by atoms with Crippen LogP contribution in [0, 0.1) is 5.92 Å². The van der Waals surface area contributed by atoms with Gasteiger partial charge >= 0.3 is 5.97 Å². The Kier molecular flexibility index (Phi) is 6.42. The molecule has 2 heterocycles. The van der Waals surface area contributed by atoms with Crippen molar-refractivity contribution in [3.63, 3.8) is 0 Å². The maximum absolute atomic E-state index is 11.5. The van der Waals surface area contributed by atoms with Crippen molar-refractivity contribution in [2.75, 3.05) is 19.6 Å². The lowest BCUT2D eigenvalue weighted by Crippen LogP contribution is -2.35. The van der Waals surface area contributed by atoms with E-state index in [0.29, 0.717) is 16.7 Å². The molecule has 2 N–H and O–H groups in total. The second-order valence-corrected chi connectivity index (χ2v) is 8.71. The van der Waals surface area contributed by atoms with E-state index in [2.05, 4.69) is 11.8 Å². The summed E-state index contributed by atoms with van der Waals surface area (Å²) in [4.78, 5) is 14.8. The van der Waals surface area contributed by atoms with E-state index in [4.69, 9.17) is 0 Å². The molecule has 1 aromatic carbocycles. The van der Waals surface area contributed by atoms with Crippen molar-refractivity contribution < 1.29 is 15.0 Å². The van der Waals surface area contributed by atoms with Crippen molar-refractivity contribution in [2.45, 2.75) is 61.7 Å². The Morgan fingerprint density at radius 1 is 1.32 bits per heavy atom. The number of unbranched alkanes of at least 4 members (excludes halogenated alkanes) is 1. The van der Waals surface area contributed by atoms with E-state index in [0.717, 1.165) is 23.3 Å². The van der Waals surface area contributed by atoms with Crippen molar-refractivity contribution in [2.24, 2.45) is 5.92 Å². The van der Waals surface area contributed by atoms with Crippen molar-refractivity contribution in [3.05, 3.63) is 29.3 Å². The molecule has 1 aromatic rings. The molecule has 0 saturated carbocycles. The molecule has 0 radical (unpaired) electrons. The first kappa shape index (κ1) is 18.7. The van der Waals surface area contributed by atoms with Crippen LogP contribution in [0.1, 0.15) is 67.5 Å². The highest BCUT2D eigenvalue weighted by atomic mass is 32.2. The predicted molar refractivity (Wildman–Crippen MR) is 101 cm³/mol. The molecule has 3 rings (SSSR count). The SMILES string of the molecule is CCCCN1CCC(CC2CC(O)c3cccc(C(=O)O)c3S2)CC1. The minimum Gasteiger partial charge on any atom is -0.478 e. The molecule has 138 valence electrons. The summed E-state index contributed by atoms with van der Waals surface area (Å²) in [6.07, 6.45) is 6.26. The second kappa shape index (κ2) is 8.56. The number of benzene rings is 1. The molecule has 5 heteroatoms. The number of carboxylic acid groups (broad SMARTS) is 1. The fraction of sp³-hybridized carbons (Fsp3) is 0.650. The number of hydrogen-bond donors (Lipinski definition) is 2. The first-order valence-electron chi connectivity index (χ1n) is 9.51. The van der Waals surface area contributed by atoms with Crippen molar-refractivity contribution in [3.8, 4) is 0 Å². The molecule has 25 heavy (non-hydrogen) atoms. The van der Waals surface area contributed by atoms with Gasteiger partial charge in [-0.2, -0.15) is 0 Å². The van der Waals surface area contributed by atoms with Crippen LogP contribution in [0.2, 0.25) is 0 Å². The molecule has 4 nitrogen and oxygen atoms in total. The zero-order valence-electron chi connectivity index (χ0n) is 15.0. The third-order valence-corrected chi connectivity index (χ3v) is 6.95. The highest BCUT2D eigenvalue weighted by Crippen LogP contribution is 2.45. The minimum absolute atomic E-state index is 0.315. The van der Waals surface area contributed by atoms with Crippen LogP contribution in [0.5, 0.6) is 0 Å². The van der Waals surface area contributed by atoms with Crippen molar-refractivity contribution >= 4 is 17.7 Å². The molecule has 0 bridgehead atoms. The molecule has 0 aromatic heterocycles. The van der Waals surface area contributed by atoms with Crippen LogP contribution in [0.3, 0.4) is 0 Å². The van der Waals surface area contributed by atoms with Gasteiger partial charge in [0.25, 0.3) is 0 Å². The lowest BCUT2D eigenvalue weighted by molar-refractivity contribution is 0.0692. The normalized spacial score (nSPS) is 24.9. The van der Waals surface area contributed by atoms with E-state index >= 15 is 0 Å². The average molecular weight is 364 g/mol. The van der Waals surface area contributed by atoms with Crippen LogP contribution < -0.4 is 0 Å². The Labute approximate surface area is 154 Å². The molecular weight excluding hydrogens is 334 g/mol. The summed E-state index contributed by atoms with van der Waals surface area (Å²) in [6.45, 7) is 5.82. The zero-order valence-corrected chi connectivity index (χ0v) is 15.8. The molecule has 1 saturated heterocycles. The molecular formula is C20H29NO3S. The van der Waals surface area contributed by atoms with Gasteiger partial charge in [-0.15, -0.1) is 11.8 Å². The Bertz CT molecular complexity index is 599. The van der Waals surface area contributed by atoms with Gasteiger partial charge in [0.2, 0.25) is 0 Å². The quantitative estimate of drug-likeness (QED) is 0.794. The number of aliphatic hydroxyl groups is 1. The minimum atomic E-state index is -0.901. The van der Waals surface area contributed by atoms with Crippen molar-refractivity contribution in [1.82, 2.24) is 4.90 Å². The number of carbonyl (C=O) groups is 1. The van der Waals surface area contributed by atoms with Gasteiger partial charge in [-0.05, 0) is 69.3 Å². The summed E-state index contributed by atoms with van der Waals surface area (Å²) in [5.41, 5.74) is 1.12. The lowest BCUT2D eigenvalue weighted by atomic mass is 9.89. The molecule has 2 aliphatic rings. The van der Waals surface area contributed by atoms with Gasteiger partial charge in [0, 0.05) is 10.1 Å². The standard InChI is InChI=1S/C20H29NO3S/c1-2-3-9-21-10-7-14(8-11-21)12-15-13-18(22)16-5-4-6-17(20(23)24)19(16)25-15/h4-6,14-15,18,22H,2-3,7-13H2,1H3,(H,23,24). The van der Waals surface area contributed by atoms with Gasteiger partial charge in [-0.3, -0.25) is 0 Å². The number of fused-ring (bicyclic) bond motifs is 1. The fourth-order valence-corrected chi connectivity index (χ4v) is 5.65. The number of likely N-dealkylation sites (tertiary alicyclic amines) is 1. The van der Waals surface area contributed by atoms with Crippen LogP contribution in [0.25, 0.3) is 0 Å². The first-order chi connectivity index (χ1) is 12.1. The molecule has 0 spiro atoms. The van der Waals surface area contributed by atoms with Gasteiger partial charge in [-0.1, -0.05) is 25.5 Å². The average Bonchev–Trinajstić information content (AvgIpc) is 2.60. The van der Waals surface area contributed by atoms with E-state index in [9.17, 15) is 15.0 Å². The van der Waals surface area contributed by atoms with Gasteiger partial charge in [0.15, 0.2) is 0 Å². The summed E-state index contributed by atoms with van der Waals surface area (Å²) in [7, 11) is 0. The Morgan fingerprint density at radius 2 is 2.08 bits per heavy atom. The van der Waals surface area contributed by atoms with E-state index in [1.54, 1.807) is 23.9 Å². The highest BCUT2D eigenvalue weighted by molar-refractivity contribution is 8.00. The predicted octanol–water partition coefficient (Wildman–Crippen LogP) is 4.18. The van der Waals surface area contributed by atoms with E-state index < -0.39 is 12.1 Å². The summed E-state index contributed by atoms with van der Waals surface area (Å²) in [5, 5.41) is 20.2. The summed E-state index contributed by atoms with van der Waals surface area (Å²) >= 11 is 1.67. The molecule has 1 fully saturated rings. The Morgan fingerprint density at radius 3 is 2.76 bits per heavy atom. The number of nitrogens with zero attached hydrogens (tertiary/aromatic N) is 1. The van der Waals surface area contributed by atoms with Crippen LogP contribution in [0.15, 0.2) is 23.1 Å². The monoisotopic (exact) mass is 363 g/mol. The fourth-order valence-electron chi connectivity index (χ4n) is 4.05. The molecule has 2 aliphatic heterocycles. The molecule has 2 atom stereocenters. The van der Waals surface area contributed by atoms with Crippen LogP contribution >= 0.6 is 11.8 Å². The summed E-state index contributed by atoms with van der Waals surface area (Å²) in [5.74, 6) is -0.206. The van der Waals surface area contributed by atoms with Gasteiger partial charge < -0.3 is 15.1 Å². The first-order valence-corrected chi connectivity index (χ1v) is 10.4. The summed E-state index contributed by atoms with van der Waals surface area (Å²) < 4.78 is 0. The van der Waals surface area contributed by atoms with Crippen LogP contribution in [0.4, 0.5) is 0 Å². The number of rotatable bonds is 6. The molecule has 2 unspecified atom stereocenters. The number of thioether (sulfide) groups is 1. The number of hydrogen-bond acceptors (Lipinski definition) is 4. The van der Waals surface area contributed by atoms with Gasteiger partial charge in [0.05, 0.1) is 11.7 Å². The zero-order chi connectivity index (χ0) is 17.8. The second-order valence-electron chi connectivity index (χ2n) is 7.39. The highest BCUT2D eigenvalue weighted by Gasteiger charge is 2.31. The number of aromatic carboxylic acids is 1. The lowest BCUT2D eigenvalue weighted by Gasteiger charge is -2.35. The maximum atomic E-state index is 11.5. The largest absolute Gasteiger partial charge is 0.478 e. The molecule has 0 aliphatic carbocycles. The third-order valence-electron chi connectivity index (χ3n) is 5.54. The topological polar surface area (TPSA) is 60.8 Å². The number of piperidine rings is 1. The summed E-state index contributed by atoms with van der Waals surface area (Å²) in [6, 6.07) is 5.25. The smallest absolute Gasteiger partial charge is 0.336 e. The van der Waals surface area contributed by atoms with E-state index in [1.165, 1.54) is 45.3 Å². The van der Waals surface area contributed by atoms with E-state index in [1.807, 2.05) is 6.07 Å². The molecule has 0 amide bonds. The van der Waals surface area contributed by atoms with Gasteiger partial charge in [-0.25, -0.2) is 4.79 Å². The number of aliphatic hydroxyl groups excluding tert-OH is 1.